The Hall–Kier alpha value is -1.83. The van der Waals surface area contributed by atoms with Crippen LogP contribution in [-0.2, 0) is 23.6 Å². The van der Waals surface area contributed by atoms with E-state index in [0.29, 0.717) is 0 Å². The average molecular weight is 329 g/mol. The summed E-state index contributed by atoms with van der Waals surface area (Å²) in [6, 6.07) is 5.30. The first-order chi connectivity index (χ1) is 9.79. The van der Waals surface area contributed by atoms with E-state index in [4.69, 9.17) is 16.7 Å². The van der Waals surface area contributed by atoms with Crippen LogP contribution in [0.2, 0.25) is 5.02 Å². The molecule has 112 valence electrons. The number of hydrogen-bond donors (Lipinski definition) is 2. The Bertz CT molecular complexity index is 783. The number of sulfonamides is 1. The molecule has 0 aliphatic heterocycles. The molecule has 21 heavy (non-hydrogen) atoms. The van der Waals surface area contributed by atoms with Gasteiger partial charge < -0.3 is 9.67 Å². The third-order valence-corrected chi connectivity index (χ3v) is 4.55. The summed E-state index contributed by atoms with van der Waals surface area (Å²) in [6.45, 7) is 0.140. The van der Waals surface area contributed by atoms with Gasteiger partial charge in [-0.05, 0) is 29.8 Å². The molecule has 0 aliphatic carbocycles. The standard InChI is InChI=1S/C13H13ClN2O4S/c1-16-5-4-9(8-16)7-15-21(19,20)10-2-3-11(13(17)18)12(14)6-10/h2-6,8,15H,7H2,1H3,(H,17,18). The van der Waals surface area contributed by atoms with Crippen LogP contribution >= 0.6 is 11.6 Å². The number of aromatic nitrogens is 1. The molecule has 0 amide bonds. The Labute approximate surface area is 127 Å². The fraction of sp³-hybridized carbons (Fsp3) is 0.154. The van der Waals surface area contributed by atoms with Gasteiger partial charge >= 0.3 is 5.97 Å². The van der Waals surface area contributed by atoms with Crippen molar-refractivity contribution < 1.29 is 18.3 Å². The number of benzene rings is 1. The smallest absolute Gasteiger partial charge is 0.337 e. The van der Waals surface area contributed by atoms with Crippen molar-refractivity contribution in [2.24, 2.45) is 7.05 Å². The Kier molecular flexibility index (Phi) is 4.36. The SMILES string of the molecule is Cn1ccc(CNS(=O)(=O)c2ccc(C(=O)O)c(Cl)c2)c1. The van der Waals surface area contributed by atoms with Gasteiger partial charge in [0, 0.05) is 26.0 Å². The number of nitrogens with zero attached hydrogens (tertiary/aromatic N) is 1. The summed E-state index contributed by atoms with van der Waals surface area (Å²) in [5.74, 6) is -1.21. The summed E-state index contributed by atoms with van der Waals surface area (Å²) in [6.07, 6.45) is 3.60. The summed E-state index contributed by atoms with van der Waals surface area (Å²) in [5, 5.41) is 8.74. The van der Waals surface area contributed by atoms with Crippen molar-refractivity contribution in [1.82, 2.24) is 9.29 Å². The van der Waals surface area contributed by atoms with Crippen LogP contribution in [0.15, 0.2) is 41.6 Å². The molecule has 0 saturated heterocycles. The Morgan fingerprint density at radius 3 is 2.62 bits per heavy atom. The summed E-state index contributed by atoms with van der Waals surface area (Å²) in [7, 11) is -1.92. The summed E-state index contributed by atoms with van der Waals surface area (Å²) in [5.41, 5.74) is 0.674. The average Bonchev–Trinajstić information content (AvgIpc) is 2.82. The van der Waals surface area contributed by atoms with Crippen LogP contribution in [0.3, 0.4) is 0 Å². The van der Waals surface area contributed by atoms with E-state index in [-0.39, 0.29) is 22.0 Å². The molecule has 1 aromatic heterocycles. The van der Waals surface area contributed by atoms with Crippen LogP contribution in [0.25, 0.3) is 0 Å². The van der Waals surface area contributed by atoms with Gasteiger partial charge in [0.2, 0.25) is 10.0 Å². The molecular formula is C13H13ClN2O4S. The van der Waals surface area contributed by atoms with Crippen molar-refractivity contribution in [3.05, 3.63) is 52.8 Å². The van der Waals surface area contributed by atoms with Gasteiger partial charge in [0.25, 0.3) is 0 Å². The maximum Gasteiger partial charge on any atom is 0.337 e. The molecule has 0 unspecified atom stereocenters. The zero-order chi connectivity index (χ0) is 15.6. The maximum atomic E-state index is 12.1. The van der Waals surface area contributed by atoms with Gasteiger partial charge in [-0.3, -0.25) is 0 Å². The van der Waals surface area contributed by atoms with Crippen LogP contribution in [0, 0.1) is 0 Å². The molecule has 0 bridgehead atoms. The van der Waals surface area contributed by atoms with Crippen LogP contribution < -0.4 is 4.72 Å². The summed E-state index contributed by atoms with van der Waals surface area (Å²) < 4.78 is 28.5. The topological polar surface area (TPSA) is 88.4 Å². The van der Waals surface area contributed by atoms with Gasteiger partial charge in [-0.25, -0.2) is 17.9 Å². The third-order valence-electron chi connectivity index (χ3n) is 2.84. The highest BCUT2D eigenvalue weighted by molar-refractivity contribution is 7.89. The molecule has 1 aromatic carbocycles. The van der Waals surface area contributed by atoms with E-state index in [1.165, 1.54) is 12.1 Å². The minimum absolute atomic E-state index is 0.0755. The normalized spacial score (nSPS) is 11.5. The van der Waals surface area contributed by atoms with Crippen molar-refractivity contribution in [3.8, 4) is 0 Å². The number of carboxylic acids is 1. The Balaban J connectivity index is 2.19. The van der Waals surface area contributed by atoms with Crippen molar-refractivity contribution in [3.63, 3.8) is 0 Å². The second-order valence-electron chi connectivity index (χ2n) is 4.46. The molecule has 0 spiro atoms. The predicted octanol–water partition coefficient (Wildman–Crippen LogP) is 1.86. The van der Waals surface area contributed by atoms with E-state index < -0.39 is 16.0 Å². The molecule has 0 fully saturated rings. The highest BCUT2D eigenvalue weighted by atomic mass is 35.5. The van der Waals surface area contributed by atoms with Gasteiger partial charge in [0.15, 0.2) is 0 Å². The fourth-order valence-electron chi connectivity index (χ4n) is 1.76. The number of rotatable bonds is 5. The molecule has 2 N–H and O–H groups in total. The lowest BCUT2D eigenvalue weighted by Crippen LogP contribution is -2.23. The quantitative estimate of drug-likeness (QED) is 0.876. The largest absolute Gasteiger partial charge is 0.478 e. The van der Waals surface area contributed by atoms with Gasteiger partial charge in [-0.2, -0.15) is 0 Å². The minimum atomic E-state index is -3.75. The summed E-state index contributed by atoms with van der Waals surface area (Å²) >= 11 is 5.77. The van der Waals surface area contributed by atoms with E-state index in [1.807, 2.05) is 17.8 Å². The maximum absolute atomic E-state index is 12.1. The van der Waals surface area contributed by atoms with Gasteiger partial charge in [0.1, 0.15) is 0 Å². The number of carbonyl (C=O) groups is 1. The predicted molar refractivity (Wildman–Crippen MR) is 77.8 cm³/mol. The third kappa shape index (κ3) is 3.63. The molecule has 8 heteroatoms. The first kappa shape index (κ1) is 15.6. The molecule has 0 atom stereocenters. The number of aryl methyl sites for hydroxylation is 1. The van der Waals surface area contributed by atoms with E-state index in [0.717, 1.165) is 11.6 Å². The van der Waals surface area contributed by atoms with Crippen LogP contribution in [-0.4, -0.2) is 24.1 Å². The van der Waals surface area contributed by atoms with Crippen molar-refractivity contribution in [2.75, 3.05) is 0 Å². The first-order valence-electron chi connectivity index (χ1n) is 5.93. The lowest BCUT2D eigenvalue weighted by atomic mass is 10.2. The Morgan fingerprint density at radius 2 is 2.10 bits per heavy atom. The second-order valence-corrected chi connectivity index (χ2v) is 6.63. The highest BCUT2D eigenvalue weighted by Crippen LogP contribution is 2.21. The number of hydrogen-bond acceptors (Lipinski definition) is 3. The Morgan fingerprint density at radius 1 is 1.38 bits per heavy atom. The number of carboxylic acid groups (broad SMARTS) is 1. The van der Waals surface area contributed by atoms with Crippen LogP contribution in [0.1, 0.15) is 15.9 Å². The first-order valence-corrected chi connectivity index (χ1v) is 7.79. The summed E-state index contributed by atoms with van der Waals surface area (Å²) in [4.78, 5) is 10.8. The van der Waals surface area contributed by atoms with Crippen molar-refractivity contribution >= 4 is 27.6 Å². The molecule has 0 radical (unpaired) electrons. The zero-order valence-corrected chi connectivity index (χ0v) is 12.6. The van der Waals surface area contributed by atoms with E-state index in [1.54, 1.807) is 12.3 Å². The molecule has 0 saturated carbocycles. The van der Waals surface area contributed by atoms with Crippen molar-refractivity contribution in [2.45, 2.75) is 11.4 Å². The number of aromatic carboxylic acids is 1. The number of nitrogens with one attached hydrogen (secondary N) is 1. The van der Waals surface area contributed by atoms with Crippen molar-refractivity contribution in [1.29, 1.82) is 0 Å². The molecular weight excluding hydrogens is 316 g/mol. The van der Waals surface area contributed by atoms with Crippen LogP contribution in [0.5, 0.6) is 0 Å². The monoisotopic (exact) mass is 328 g/mol. The fourth-order valence-corrected chi connectivity index (χ4v) is 3.13. The number of halogens is 1. The van der Waals surface area contributed by atoms with E-state index in [2.05, 4.69) is 4.72 Å². The van der Waals surface area contributed by atoms with Crippen LogP contribution in [0.4, 0.5) is 0 Å². The minimum Gasteiger partial charge on any atom is -0.478 e. The molecule has 2 rings (SSSR count). The lowest BCUT2D eigenvalue weighted by molar-refractivity contribution is 0.0697. The van der Waals surface area contributed by atoms with Gasteiger partial charge in [-0.1, -0.05) is 11.6 Å². The molecule has 0 aliphatic rings. The van der Waals surface area contributed by atoms with Gasteiger partial charge in [0.05, 0.1) is 15.5 Å². The molecule has 2 aromatic rings. The molecule has 6 nitrogen and oxygen atoms in total. The van der Waals surface area contributed by atoms with Gasteiger partial charge in [-0.15, -0.1) is 0 Å². The lowest BCUT2D eigenvalue weighted by Gasteiger charge is -2.07. The van der Waals surface area contributed by atoms with E-state index in [9.17, 15) is 13.2 Å². The zero-order valence-electron chi connectivity index (χ0n) is 11.1. The highest BCUT2D eigenvalue weighted by Gasteiger charge is 2.17. The second kappa shape index (κ2) is 5.88. The molecule has 1 heterocycles. The van der Waals surface area contributed by atoms with E-state index >= 15 is 0 Å².